The van der Waals surface area contributed by atoms with E-state index >= 15 is 0 Å². The van der Waals surface area contributed by atoms with Crippen molar-refractivity contribution in [1.29, 1.82) is 0 Å². The minimum absolute atomic E-state index is 0.0191. The van der Waals surface area contributed by atoms with E-state index in [2.05, 4.69) is 13.5 Å². The number of furan rings is 1. The van der Waals surface area contributed by atoms with Crippen molar-refractivity contribution in [2.45, 2.75) is 32.2 Å². The molecule has 2 aliphatic rings. The molecule has 2 amide bonds. The first-order chi connectivity index (χ1) is 12.6. The van der Waals surface area contributed by atoms with Crippen molar-refractivity contribution in [2.75, 3.05) is 19.6 Å². The monoisotopic (exact) mass is 352 g/mol. The molecule has 4 rings (SSSR count). The Balaban J connectivity index is 1.55. The van der Waals surface area contributed by atoms with Crippen LogP contribution in [0, 0.1) is 5.41 Å². The van der Waals surface area contributed by atoms with E-state index in [1.165, 1.54) is 0 Å². The van der Waals surface area contributed by atoms with Gasteiger partial charge in [0.2, 0.25) is 5.91 Å². The molecule has 5 heteroatoms. The molecule has 1 aromatic heterocycles. The largest absolute Gasteiger partial charge is 0.464 e. The molecule has 2 aromatic rings. The van der Waals surface area contributed by atoms with E-state index in [-0.39, 0.29) is 23.3 Å². The van der Waals surface area contributed by atoms with Crippen molar-refractivity contribution in [2.24, 2.45) is 5.41 Å². The van der Waals surface area contributed by atoms with Crippen molar-refractivity contribution in [3.8, 4) is 0 Å². The quantitative estimate of drug-likeness (QED) is 0.792. The normalized spacial score (nSPS) is 21.7. The predicted molar refractivity (Wildman–Crippen MR) is 99.8 cm³/mol. The highest BCUT2D eigenvalue weighted by Gasteiger charge is 2.50. The van der Waals surface area contributed by atoms with Crippen LogP contribution in [0.2, 0.25) is 0 Å². The summed E-state index contributed by atoms with van der Waals surface area (Å²) in [6.07, 6.45) is 6.01. The van der Waals surface area contributed by atoms with Gasteiger partial charge in [-0.3, -0.25) is 9.59 Å². The lowest BCUT2D eigenvalue weighted by Crippen LogP contribution is -2.57. The highest BCUT2D eigenvalue weighted by Crippen LogP contribution is 2.48. The Labute approximate surface area is 153 Å². The third-order valence-corrected chi connectivity index (χ3v) is 5.82. The number of piperazine rings is 1. The number of hydrogen-bond donors (Lipinski definition) is 0. The summed E-state index contributed by atoms with van der Waals surface area (Å²) in [6, 6.07) is 7.52. The van der Waals surface area contributed by atoms with E-state index in [0.717, 1.165) is 24.6 Å². The third kappa shape index (κ3) is 2.62. The lowest BCUT2D eigenvalue weighted by atomic mass is 10.0. The zero-order valence-corrected chi connectivity index (χ0v) is 15.1. The fraction of sp³-hybridized carbons (Fsp3) is 0.429. The summed E-state index contributed by atoms with van der Waals surface area (Å²) in [5.41, 5.74) is 0.884. The Bertz CT molecular complexity index is 865. The number of fused-ring (bicyclic) bond motifs is 1. The van der Waals surface area contributed by atoms with E-state index < -0.39 is 0 Å². The first-order valence-corrected chi connectivity index (χ1v) is 9.30. The van der Waals surface area contributed by atoms with Gasteiger partial charge in [0, 0.05) is 31.1 Å². The van der Waals surface area contributed by atoms with E-state index in [1.807, 2.05) is 34.1 Å². The molecule has 136 valence electrons. The molecule has 26 heavy (non-hydrogen) atoms. The van der Waals surface area contributed by atoms with Crippen LogP contribution in [-0.2, 0) is 4.79 Å². The molecular formula is C21H24N2O3. The van der Waals surface area contributed by atoms with Crippen molar-refractivity contribution >= 4 is 22.8 Å². The number of carbonyl (C=O) groups is 2. The molecular weight excluding hydrogens is 328 g/mol. The lowest BCUT2D eigenvalue weighted by Gasteiger charge is -2.42. The van der Waals surface area contributed by atoms with Crippen molar-refractivity contribution < 1.29 is 14.0 Å². The van der Waals surface area contributed by atoms with Gasteiger partial charge in [0.15, 0.2) is 0 Å². The molecule has 1 aromatic carbocycles. The molecule has 2 fully saturated rings. The molecule has 5 nitrogen and oxygen atoms in total. The molecule has 1 saturated carbocycles. The SMILES string of the molecule is C=CC1(C(=O)N2CCN(C(=O)c3cccc4ccoc34)C(CC)C2)CC1. The zero-order chi connectivity index (χ0) is 18.3. The molecule has 0 N–H and O–H groups in total. The number of benzene rings is 1. The van der Waals surface area contributed by atoms with Gasteiger partial charge in [-0.25, -0.2) is 0 Å². The molecule has 0 bridgehead atoms. The Morgan fingerprint density at radius 1 is 1.31 bits per heavy atom. The number of nitrogens with zero attached hydrogens (tertiary/aromatic N) is 2. The van der Waals surface area contributed by atoms with Crippen LogP contribution in [-0.4, -0.2) is 47.3 Å². The van der Waals surface area contributed by atoms with Crippen molar-refractivity contribution in [3.63, 3.8) is 0 Å². The van der Waals surface area contributed by atoms with Crippen LogP contribution >= 0.6 is 0 Å². The maximum atomic E-state index is 13.2. The van der Waals surface area contributed by atoms with Crippen LogP contribution in [0.4, 0.5) is 0 Å². The molecule has 0 radical (unpaired) electrons. The van der Waals surface area contributed by atoms with Crippen LogP contribution in [0.3, 0.4) is 0 Å². The van der Waals surface area contributed by atoms with Crippen molar-refractivity contribution in [1.82, 2.24) is 9.80 Å². The highest BCUT2D eigenvalue weighted by atomic mass is 16.3. The van der Waals surface area contributed by atoms with Gasteiger partial charge >= 0.3 is 0 Å². The summed E-state index contributed by atoms with van der Waals surface area (Å²) in [5, 5.41) is 0.930. The molecule has 2 heterocycles. The molecule has 1 saturated heterocycles. The minimum Gasteiger partial charge on any atom is -0.464 e. The molecule has 1 aliphatic carbocycles. The summed E-state index contributed by atoms with van der Waals surface area (Å²) in [7, 11) is 0. The van der Waals surface area contributed by atoms with Crippen molar-refractivity contribution in [3.05, 3.63) is 48.7 Å². The Morgan fingerprint density at radius 3 is 2.81 bits per heavy atom. The third-order valence-electron chi connectivity index (χ3n) is 5.82. The molecule has 1 unspecified atom stereocenters. The van der Waals surface area contributed by atoms with Crippen LogP contribution in [0.1, 0.15) is 36.5 Å². The van der Waals surface area contributed by atoms with Crippen LogP contribution < -0.4 is 0 Å². The van der Waals surface area contributed by atoms with Gasteiger partial charge < -0.3 is 14.2 Å². The number of para-hydroxylation sites is 1. The number of rotatable bonds is 4. The van der Waals surface area contributed by atoms with E-state index in [9.17, 15) is 9.59 Å². The van der Waals surface area contributed by atoms with Crippen LogP contribution in [0.15, 0.2) is 47.6 Å². The second-order valence-corrected chi connectivity index (χ2v) is 7.32. The van der Waals surface area contributed by atoms with Crippen LogP contribution in [0.25, 0.3) is 11.0 Å². The van der Waals surface area contributed by atoms with E-state index in [4.69, 9.17) is 4.42 Å². The summed E-state index contributed by atoms with van der Waals surface area (Å²) in [5.74, 6) is 0.153. The lowest BCUT2D eigenvalue weighted by molar-refractivity contribution is -0.137. The predicted octanol–water partition coefficient (Wildman–Crippen LogP) is 3.46. The molecule has 0 spiro atoms. The smallest absolute Gasteiger partial charge is 0.258 e. The van der Waals surface area contributed by atoms with Gasteiger partial charge in [-0.1, -0.05) is 25.1 Å². The summed E-state index contributed by atoms with van der Waals surface area (Å²) >= 11 is 0. The van der Waals surface area contributed by atoms with E-state index in [0.29, 0.717) is 30.8 Å². The molecule has 1 aliphatic heterocycles. The average molecular weight is 352 g/mol. The minimum atomic E-state index is -0.343. The Morgan fingerprint density at radius 2 is 2.12 bits per heavy atom. The highest BCUT2D eigenvalue weighted by molar-refractivity contribution is 6.05. The second kappa shape index (κ2) is 6.31. The van der Waals surface area contributed by atoms with Gasteiger partial charge in [0.1, 0.15) is 5.58 Å². The Kier molecular flexibility index (Phi) is 4.10. The first-order valence-electron chi connectivity index (χ1n) is 9.30. The Hall–Kier alpha value is -2.56. The summed E-state index contributed by atoms with van der Waals surface area (Å²) in [6.45, 7) is 7.61. The molecule has 1 atom stereocenters. The topological polar surface area (TPSA) is 53.8 Å². The van der Waals surface area contributed by atoms with Gasteiger partial charge in [0.05, 0.1) is 17.2 Å². The average Bonchev–Trinajstić information content (AvgIpc) is 3.34. The number of hydrogen-bond acceptors (Lipinski definition) is 3. The summed E-state index contributed by atoms with van der Waals surface area (Å²) in [4.78, 5) is 29.8. The van der Waals surface area contributed by atoms with Gasteiger partial charge in [-0.2, -0.15) is 0 Å². The first kappa shape index (κ1) is 16.9. The second-order valence-electron chi connectivity index (χ2n) is 7.32. The van der Waals surface area contributed by atoms with E-state index in [1.54, 1.807) is 12.3 Å². The summed E-state index contributed by atoms with van der Waals surface area (Å²) < 4.78 is 5.53. The van der Waals surface area contributed by atoms with Gasteiger partial charge in [-0.05, 0) is 31.4 Å². The maximum absolute atomic E-state index is 13.2. The van der Waals surface area contributed by atoms with Gasteiger partial charge in [-0.15, -0.1) is 6.58 Å². The number of amides is 2. The fourth-order valence-corrected chi connectivity index (χ4v) is 3.93. The van der Waals surface area contributed by atoms with Crippen LogP contribution in [0.5, 0.6) is 0 Å². The fourth-order valence-electron chi connectivity index (χ4n) is 3.93. The zero-order valence-electron chi connectivity index (χ0n) is 15.1. The van der Waals surface area contributed by atoms with Gasteiger partial charge in [0.25, 0.3) is 5.91 Å². The number of carbonyl (C=O) groups excluding carboxylic acids is 2. The standard InChI is InChI=1S/C21H24N2O3/c1-3-16-14-22(20(25)21(4-2)9-10-21)11-12-23(16)19(24)17-7-5-6-15-8-13-26-18(15)17/h4-8,13,16H,2-3,9-12,14H2,1H3. The maximum Gasteiger partial charge on any atom is 0.258 e.